The van der Waals surface area contributed by atoms with E-state index in [0.717, 1.165) is 38.8 Å². The van der Waals surface area contributed by atoms with Crippen LogP contribution in [0.1, 0.15) is 0 Å². The summed E-state index contributed by atoms with van der Waals surface area (Å²) in [5.41, 5.74) is 5.57. The van der Waals surface area contributed by atoms with Gasteiger partial charge in [0.05, 0.1) is 16.6 Å². The number of benzene rings is 4. The van der Waals surface area contributed by atoms with E-state index >= 15 is 0 Å². The third kappa shape index (κ3) is 2.23. The average molecular weight is 380 g/mol. The molecule has 0 unspecified atom stereocenters. The molecular weight excluding hydrogens is 366 g/mol. The molecule has 6 aromatic rings. The third-order valence-electron chi connectivity index (χ3n) is 5.21. The average Bonchev–Trinajstić information content (AvgIpc) is 3.04. The van der Waals surface area contributed by atoms with Gasteiger partial charge in [0, 0.05) is 16.1 Å². The third-order valence-corrected chi connectivity index (χ3v) is 5.44. The number of fused-ring (bicyclic) bond motifs is 5. The fraction of sp³-hybridized carbons (Fsp3) is 0. The number of aromatic nitrogens is 3. The van der Waals surface area contributed by atoms with Crippen molar-refractivity contribution >= 4 is 55.5 Å². The van der Waals surface area contributed by atoms with E-state index in [1.807, 2.05) is 42.5 Å². The van der Waals surface area contributed by atoms with Crippen molar-refractivity contribution in [3.8, 4) is 5.69 Å². The summed E-state index contributed by atoms with van der Waals surface area (Å²) < 4.78 is 2.17. The van der Waals surface area contributed by atoms with E-state index < -0.39 is 0 Å². The molecule has 0 bridgehead atoms. The maximum atomic E-state index is 6.31. The highest BCUT2D eigenvalue weighted by Gasteiger charge is 2.16. The van der Waals surface area contributed by atoms with Crippen molar-refractivity contribution in [3.05, 3.63) is 90.0 Å². The fourth-order valence-electron chi connectivity index (χ4n) is 3.91. The van der Waals surface area contributed by atoms with Gasteiger partial charge < -0.3 is 0 Å². The molecule has 0 saturated carbocycles. The van der Waals surface area contributed by atoms with Crippen molar-refractivity contribution in [1.29, 1.82) is 0 Å². The Morgan fingerprint density at radius 1 is 0.679 bits per heavy atom. The van der Waals surface area contributed by atoms with Crippen LogP contribution in [-0.4, -0.2) is 14.5 Å². The maximum absolute atomic E-state index is 6.31. The van der Waals surface area contributed by atoms with Crippen LogP contribution in [0.15, 0.2) is 84.9 Å². The molecule has 4 heteroatoms. The Bertz CT molecular complexity index is 1530. The molecule has 0 spiro atoms. The van der Waals surface area contributed by atoms with Crippen LogP contribution in [-0.2, 0) is 0 Å². The van der Waals surface area contributed by atoms with Gasteiger partial charge in [-0.3, -0.25) is 4.57 Å². The van der Waals surface area contributed by atoms with Crippen LogP contribution in [0.3, 0.4) is 0 Å². The summed E-state index contributed by atoms with van der Waals surface area (Å²) in [5, 5.41) is 4.11. The minimum atomic E-state index is 0.694. The molecule has 0 aliphatic carbocycles. The van der Waals surface area contributed by atoms with Crippen LogP contribution < -0.4 is 0 Å². The molecule has 0 aliphatic rings. The second kappa shape index (κ2) is 5.78. The van der Waals surface area contributed by atoms with Gasteiger partial charge in [-0.1, -0.05) is 54.1 Å². The quantitative estimate of drug-likeness (QED) is 0.325. The molecule has 4 aromatic carbocycles. The molecule has 3 nitrogen and oxygen atoms in total. The molecule has 2 aromatic heterocycles. The minimum Gasteiger partial charge on any atom is -0.293 e. The van der Waals surface area contributed by atoms with Crippen molar-refractivity contribution in [2.75, 3.05) is 0 Å². The standard InChI is InChI=1S/C24H14ClN3/c25-17-10-12-22-19(14-17)23-24(27-21-8-4-3-7-20(21)26-23)28(22)18-11-9-15-5-1-2-6-16(15)13-18/h1-14H. The predicted octanol–water partition coefficient (Wildman–Crippen LogP) is 6.53. The van der Waals surface area contributed by atoms with Crippen molar-refractivity contribution in [2.24, 2.45) is 0 Å². The Hall–Kier alpha value is -3.43. The first-order chi connectivity index (χ1) is 13.8. The second-order valence-electron chi connectivity index (χ2n) is 6.91. The highest BCUT2D eigenvalue weighted by Crippen LogP contribution is 2.33. The Balaban J connectivity index is 1.79. The lowest BCUT2D eigenvalue weighted by Crippen LogP contribution is -1.96. The summed E-state index contributed by atoms with van der Waals surface area (Å²) in [7, 11) is 0. The van der Waals surface area contributed by atoms with E-state index in [1.165, 1.54) is 10.8 Å². The fourth-order valence-corrected chi connectivity index (χ4v) is 4.08. The van der Waals surface area contributed by atoms with Gasteiger partial charge in [-0.15, -0.1) is 0 Å². The molecule has 0 saturated heterocycles. The molecule has 28 heavy (non-hydrogen) atoms. The van der Waals surface area contributed by atoms with E-state index in [0.29, 0.717) is 5.02 Å². The number of nitrogens with zero attached hydrogens (tertiary/aromatic N) is 3. The first-order valence-electron chi connectivity index (χ1n) is 9.13. The number of hydrogen-bond donors (Lipinski definition) is 0. The lowest BCUT2D eigenvalue weighted by molar-refractivity contribution is 1.14. The van der Waals surface area contributed by atoms with Crippen molar-refractivity contribution in [2.45, 2.75) is 0 Å². The van der Waals surface area contributed by atoms with E-state index in [1.54, 1.807) is 0 Å². The summed E-state index contributed by atoms with van der Waals surface area (Å²) in [6, 6.07) is 28.7. The molecule has 0 atom stereocenters. The molecule has 2 heterocycles. The van der Waals surface area contributed by atoms with Gasteiger partial charge in [0.15, 0.2) is 5.65 Å². The van der Waals surface area contributed by atoms with Crippen LogP contribution in [0, 0.1) is 0 Å². The Labute approximate surface area is 165 Å². The van der Waals surface area contributed by atoms with Crippen molar-refractivity contribution < 1.29 is 0 Å². The largest absolute Gasteiger partial charge is 0.293 e. The van der Waals surface area contributed by atoms with E-state index in [9.17, 15) is 0 Å². The van der Waals surface area contributed by atoms with Crippen LogP contribution in [0.5, 0.6) is 0 Å². The van der Waals surface area contributed by atoms with Crippen LogP contribution in [0.25, 0.3) is 49.6 Å². The lowest BCUT2D eigenvalue weighted by atomic mass is 10.1. The van der Waals surface area contributed by atoms with Crippen molar-refractivity contribution in [1.82, 2.24) is 14.5 Å². The van der Waals surface area contributed by atoms with Crippen LogP contribution >= 0.6 is 11.6 Å². The summed E-state index contributed by atoms with van der Waals surface area (Å²) in [4.78, 5) is 9.87. The molecule has 0 amide bonds. The van der Waals surface area contributed by atoms with E-state index in [2.05, 4.69) is 47.0 Å². The summed E-state index contributed by atoms with van der Waals surface area (Å²) in [6.07, 6.45) is 0. The number of hydrogen-bond acceptors (Lipinski definition) is 2. The van der Waals surface area contributed by atoms with E-state index in [4.69, 9.17) is 21.6 Å². The highest BCUT2D eigenvalue weighted by molar-refractivity contribution is 6.31. The summed E-state index contributed by atoms with van der Waals surface area (Å²) in [6.45, 7) is 0. The van der Waals surface area contributed by atoms with Crippen LogP contribution in [0.4, 0.5) is 0 Å². The Morgan fingerprint density at radius 2 is 1.43 bits per heavy atom. The van der Waals surface area contributed by atoms with Gasteiger partial charge in [-0.2, -0.15) is 0 Å². The molecule has 0 fully saturated rings. The van der Waals surface area contributed by atoms with Gasteiger partial charge in [-0.25, -0.2) is 9.97 Å². The first kappa shape index (κ1) is 15.6. The van der Waals surface area contributed by atoms with Crippen LogP contribution in [0.2, 0.25) is 5.02 Å². The molecule has 0 N–H and O–H groups in total. The smallest absolute Gasteiger partial charge is 0.165 e. The first-order valence-corrected chi connectivity index (χ1v) is 9.51. The maximum Gasteiger partial charge on any atom is 0.165 e. The normalized spacial score (nSPS) is 11.8. The van der Waals surface area contributed by atoms with Crippen molar-refractivity contribution in [3.63, 3.8) is 0 Å². The molecule has 0 aliphatic heterocycles. The predicted molar refractivity (Wildman–Crippen MR) is 116 cm³/mol. The molecular formula is C24H14ClN3. The van der Waals surface area contributed by atoms with Gasteiger partial charge >= 0.3 is 0 Å². The molecule has 132 valence electrons. The topological polar surface area (TPSA) is 30.7 Å². The van der Waals surface area contributed by atoms with Gasteiger partial charge in [0.2, 0.25) is 0 Å². The Kier molecular flexibility index (Phi) is 3.22. The molecule has 0 radical (unpaired) electrons. The second-order valence-corrected chi connectivity index (χ2v) is 7.35. The highest BCUT2D eigenvalue weighted by atomic mass is 35.5. The summed E-state index contributed by atoms with van der Waals surface area (Å²) >= 11 is 6.31. The minimum absolute atomic E-state index is 0.694. The van der Waals surface area contributed by atoms with Gasteiger partial charge in [0.25, 0.3) is 0 Å². The van der Waals surface area contributed by atoms with E-state index in [-0.39, 0.29) is 0 Å². The Morgan fingerprint density at radius 3 is 2.29 bits per heavy atom. The number of halogens is 1. The number of rotatable bonds is 1. The number of para-hydroxylation sites is 2. The zero-order valence-electron chi connectivity index (χ0n) is 14.8. The lowest BCUT2D eigenvalue weighted by Gasteiger charge is -2.09. The monoisotopic (exact) mass is 379 g/mol. The molecule has 6 rings (SSSR count). The van der Waals surface area contributed by atoms with Gasteiger partial charge in [0.1, 0.15) is 5.52 Å². The zero-order valence-corrected chi connectivity index (χ0v) is 15.6. The van der Waals surface area contributed by atoms with Gasteiger partial charge in [-0.05, 0) is 53.2 Å². The zero-order chi connectivity index (χ0) is 18.7. The SMILES string of the molecule is Clc1ccc2c(c1)c1nc3ccccc3nc1n2-c1ccc2ccccc2c1. The summed E-state index contributed by atoms with van der Waals surface area (Å²) in [5.74, 6) is 0.